The second-order valence-corrected chi connectivity index (χ2v) is 6.67. The van der Waals surface area contributed by atoms with Gasteiger partial charge in [0.1, 0.15) is 5.52 Å². The summed E-state index contributed by atoms with van der Waals surface area (Å²) in [6.07, 6.45) is 10.4. The van der Waals surface area contributed by atoms with Crippen LogP contribution in [0.1, 0.15) is 64.8 Å². The first-order chi connectivity index (χ1) is 11.7. The molecule has 0 aromatic carbocycles. The van der Waals surface area contributed by atoms with Crippen LogP contribution < -0.4 is 0 Å². The molecule has 24 heavy (non-hydrogen) atoms. The van der Waals surface area contributed by atoms with Crippen molar-refractivity contribution in [3.63, 3.8) is 0 Å². The topological polar surface area (TPSA) is 52.8 Å². The minimum atomic E-state index is 0.120. The fraction of sp³-hybridized carbons (Fsp3) is 0.706. The lowest BCUT2D eigenvalue weighted by molar-refractivity contribution is 0.110. The van der Waals surface area contributed by atoms with Crippen molar-refractivity contribution < 1.29 is 4.74 Å². The first-order valence-corrected chi connectivity index (χ1v) is 9.56. The predicted octanol–water partition coefficient (Wildman–Crippen LogP) is 5.46. The Hall–Kier alpha value is -0.910. The molecule has 5 nitrogen and oxygen atoms in total. The van der Waals surface area contributed by atoms with Crippen LogP contribution in [0.4, 0.5) is 0 Å². The zero-order valence-electron chi connectivity index (χ0n) is 14.5. The predicted molar refractivity (Wildman–Crippen MR) is 98.9 cm³/mol. The summed E-state index contributed by atoms with van der Waals surface area (Å²) in [5, 5.41) is 0.460. The van der Waals surface area contributed by atoms with E-state index in [1.807, 2.05) is 11.5 Å². The first kappa shape index (κ1) is 19.4. The molecular weight excluding hydrogens is 347 g/mol. The SMILES string of the molecule is CCCCCCCCC(COCC)n1cnc2nc(Cl)nc(Cl)c21. The molecule has 2 aromatic rings. The quantitative estimate of drug-likeness (QED) is 0.298. The molecule has 0 saturated heterocycles. The Kier molecular flexibility index (Phi) is 8.22. The molecule has 0 bridgehead atoms. The summed E-state index contributed by atoms with van der Waals surface area (Å²) in [6.45, 7) is 5.57. The van der Waals surface area contributed by atoms with Crippen molar-refractivity contribution in [2.75, 3.05) is 13.2 Å². The number of hydrogen-bond acceptors (Lipinski definition) is 4. The molecule has 2 heterocycles. The third-order valence-electron chi connectivity index (χ3n) is 4.16. The van der Waals surface area contributed by atoms with Crippen molar-refractivity contribution in [1.29, 1.82) is 0 Å². The molecule has 134 valence electrons. The average Bonchev–Trinajstić information content (AvgIpc) is 2.97. The van der Waals surface area contributed by atoms with Gasteiger partial charge >= 0.3 is 0 Å². The molecule has 0 saturated carbocycles. The van der Waals surface area contributed by atoms with Crippen LogP contribution in [0.5, 0.6) is 0 Å². The summed E-state index contributed by atoms with van der Waals surface area (Å²) in [5.41, 5.74) is 1.26. The van der Waals surface area contributed by atoms with Crippen molar-refractivity contribution in [2.45, 2.75) is 64.8 Å². The van der Waals surface area contributed by atoms with E-state index in [4.69, 9.17) is 27.9 Å². The number of rotatable bonds is 11. The van der Waals surface area contributed by atoms with E-state index in [-0.39, 0.29) is 11.3 Å². The van der Waals surface area contributed by atoms with Gasteiger partial charge in [0.05, 0.1) is 19.0 Å². The molecule has 2 rings (SSSR count). The van der Waals surface area contributed by atoms with Gasteiger partial charge in [0, 0.05) is 6.61 Å². The molecule has 2 aromatic heterocycles. The third kappa shape index (κ3) is 5.30. The molecule has 0 amide bonds. The standard InChI is InChI=1S/C17H26Cl2N4O/c1-3-5-6-7-8-9-10-13(11-24-4-2)23-12-20-16-14(23)15(18)21-17(19)22-16/h12-13H,3-11H2,1-2H3. The van der Waals surface area contributed by atoms with Crippen molar-refractivity contribution in [1.82, 2.24) is 19.5 Å². The first-order valence-electron chi connectivity index (χ1n) is 8.80. The number of aromatic nitrogens is 4. The minimum Gasteiger partial charge on any atom is -0.380 e. The lowest BCUT2D eigenvalue weighted by atomic mass is 10.1. The summed E-state index contributed by atoms with van der Waals surface area (Å²) >= 11 is 12.1. The number of halogens is 2. The highest BCUT2D eigenvalue weighted by molar-refractivity contribution is 6.35. The maximum absolute atomic E-state index is 6.27. The van der Waals surface area contributed by atoms with Crippen LogP contribution in [0, 0.1) is 0 Å². The molecule has 0 spiro atoms. The number of ether oxygens (including phenoxy) is 1. The average molecular weight is 373 g/mol. The highest BCUT2D eigenvalue weighted by Crippen LogP contribution is 2.27. The van der Waals surface area contributed by atoms with E-state index in [0.29, 0.717) is 24.0 Å². The zero-order valence-corrected chi connectivity index (χ0v) is 16.0. The number of fused-ring (bicyclic) bond motifs is 1. The molecular formula is C17H26Cl2N4O. The Morgan fingerprint density at radius 3 is 2.58 bits per heavy atom. The largest absolute Gasteiger partial charge is 0.380 e. The molecule has 0 aliphatic rings. The van der Waals surface area contributed by atoms with Crippen LogP contribution in [0.2, 0.25) is 10.4 Å². The molecule has 0 radical (unpaired) electrons. The van der Waals surface area contributed by atoms with Crippen LogP contribution >= 0.6 is 23.2 Å². The summed E-state index contributed by atoms with van der Waals surface area (Å²) in [7, 11) is 0. The van der Waals surface area contributed by atoms with E-state index in [2.05, 4.69) is 21.9 Å². The van der Waals surface area contributed by atoms with Crippen molar-refractivity contribution >= 4 is 34.4 Å². The van der Waals surface area contributed by atoms with E-state index in [1.165, 1.54) is 32.1 Å². The van der Waals surface area contributed by atoms with Gasteiger partial charge in [-0.25, -0.2) is 9.97 Å². The molecule has 0 N–H and O–H groups in total. The lowest BCUT2D eigenvalue weighted by Crippen LogP contribution is -2.15. The summed E-state index contributed by atoms with van der Waals surface area (Å²) in [6, 6.07) is 0.184. The van der Waals surface area contributed by atoms with E-state index >= 15 is 0 Å². The summed E-state index contributed by atoms with van der Waals surface area (Å²) < 4.78 is 7.71. The van der Waals surface area contributed by atoms with E-state index in [0.717, 1.165) is 18.4 Å². The van der Waals surface area contributed by atoms with Gasteiger partial charge in [-0.05, 0) is 24.9 Å². The Morgan fingerprint density at radius 1 is 1.08 bits per heavy atom. The van der Waals surface area contributed by atoms with Crippen LogP contribution in [0.3, 0.4) is 0 Å². The molecule has 0 aliphatic carbocycles. The van der Waals surface area contributed by atoms with E-state index in [1.54, 1.807) is 6.33 Å². The van der Waals surface area contributed by atoms with Gasteiger partial charge in [-0.3, -0.25) is 0 Å². The Bertz CT molecular complexity index is 632. The van der Waals surface area contributed by atoms with Crippen LogP contribution in [-0.2, 0) is 4.74 Å². The van der Waals surface area contributed by atoms with Gasteiger partial charge in [-0.15, -0.1) is 0 Å². The van der Waals surface area contributed by atoms with Crippen LogP contribution in [0.25, 0.3) is 11.2 Å². The highest BCUT2D eigenvalue weighted by atomic mass is 35.5. The van der Waals surface area contributed by atoms with Gasteiger partial charge in [0.2, 0.25) is 5.28 Å². The number of unbranched alkanes of at least 4 members (excludes halogenated alkanes) is 5. The van der Waals surface area contributed by atoms with Crippen LogP contribution in [0.15, 0.2) is 6.33 Å². The van der Waals surface area contributed by atoms with Gasteiger partial charge < -0.3 is 9.30 Å². The summed E-state index contributed by atoms with van der Waals surface area (Å²) in [4.78, 5) is 12.5. The monoisotopic (exact) mass is 372 g/mol. The van der Waals surface area contributed by atoms with Crippen molar-refractivity contribution in [3.05, 3.63) is 16.8 Å². The molecule has 1 atom stereocenters. The van der Waals surface area contributed by atoms with Gasteiger partial charge in [0.15, 0.2) is 10.8 Å². The van der Waals surface area contributed by atoms with Crippen molar-refractivity contribution in [2.24, 2.45) is 0 Å². The lowest BCUT2D eigenvalue weighted by Gasteiger charge is -2.19. The smallest absolute Gasteiger partial charge is 0.225 e. The van der Waals surface area contributed by atoms with Gasteiger partial charge in [-0.1, -0.05) is 57.0 Å². The number of imidazole rings is 1. The fourth-order valence-electron chi connectivity index (χ4n) is 2.87. The van der Waals surface area contributed by atoms with Crippen molar-refractivity contribution in [3.8, 4) is 0 Å². The number of hydrogen-bond donors (Lipinski definition) is 0. The molecule has 1 unspecified atom stereocenters. The fourth-order valence-corrected chi connectivity index (χ4v) is 3.34. The number of nitrogens with zero attached hydrogens (tertiary/aromatic N) is 4. The minimum absolute atomic E-state index is 0.120. The molecule has 0 fully saturated rings. The Labute approximate surface area is 153 Å². The normalized spacial score (nSPS) is 12.8. The maximum Gasteiger partial charge on any atom is 0.225 e. The maximum atomic E-state index is 6.27. The highest BCUT2D eigenvalue weighted by Gasteiger charge is 2.18. The Balaban J connectivity index is 2.07. The van der Waals surface area contributed by atoms with E-state index in [9.17, 15) is 0 Å². The Morgan fingerprint density at radius 2 is 1.83 bits per heavy atom. The van der Waals surface area contributed by atoms with Crippen LogP contribution in [-0.4, -0.2) is 32.7 Å². The molecule has 7 heteroatoms. The van der Waals surface area contributed by atoms with Gasteiger partial charge in [-0.2, -0.15) is 4.98 Å². The molecule has 0 aliphatic heterocycles. The van der Waals surface area contributed by atoms with Gasteiger partial charge in [0.25, 0.3) is 0 Å². The second kappa shape index (κ2) is 10.2. The second-order valence-electron chi connectivity index (χ2n) is 5.98. The summed E-state index contributed by atoms with van der Waals surface area (Å²) in [5.74, 6) is 0. The zero-order chi connectivity index (χ0) is 17.4. The van der Waals surface area contributed by atoms with E-state index < -0.39 is 0 Å². The third-order valence-corrected chi connectivity index (χ3v) is 4.59.